The van der Waals surface area contributed by atoms with E-state index in [1.165, 1.54) is 44.6 Å². The van der Waals surface area contributed by atoms with E-state index in [0.717, 1.165) is 32.4 Å². The molecule has 5 N–H and O–H groups in total. The van der Waals surface area contributed by atoms with Gasteiger partial charge >= 0.3 is 6.09 Å². The zero-order chi connectivity index (χ0) is 39.9. The Kier molecular flexibility index (Phi) is 11.6. The highest BCUT2D eigenvalue weighted by Gasteiger charge is 2.50. The number of alkyl carbamates (subject to hydrolysis) is 1. The summed E-state index contributed by atoms with van der Waals surface area (Å²) in [6.07, 6.45) is 6.66. The molecular weight excluding hydrogens is 724 g/mol. The monoisotopic (exact) mass is 776 g/mol. The highest BCUT2D eigenvalue weighted by molar-refractivity contribution is 6.31. The number of phenolic OH excluding ortho intramolecular Hbond substituents is 2. The van der Waals surface area contributed by atoms with Gasteiger partial charge in [-0.05, 0) is 70.7 Å². The van der Waals surface area contributed by atoms with Crippen molar-refractivity contribution in [2.45, 2.75) is 120 Å². The molecule has 0 aromatic heterocycles. The minimum absolute atomic E-state index is 0.0513. The minimum atomic E-state index is -2.28. The van der Waals surface area contributed by atoms with E-state index in [-0.39, 0.29) is 46.4 Å². The Bertz CT molecular complexity index is 1910. The predicted octanol–water partition coefficient (Wildman–Crippen LogP) is 4.40. The molecule has 2 fully saturated rings. The van der Waals surface area contributed by atoms with Crippen LogP contribution < -0.4 is 10.1 Å². The fraction of sp³-hybridized carbons (Fsp3) is 0.571. The maximum atomic E-state index is 14.0. The first-order valence-electron chi connectivity index (χ1n) is 19.8. The third-order valence-corrected chi connectivity index (χ3v) is 12.5. The first kappa shape index (κ1) is 39.9. The maximum Gasteiger partial charge on any atom is 0.407 e. The average Bonchev–Trinajstić information content (AvgIpc) is 3.17. The van der Waals surface area contributed by atoms with Crippen molar-refractivity contribution in [3.05, 3.63) is 63.7 Å². The summed E-state index contributed by atoms with van der Waals surface area (Å²) < 4.78 is 23.8. The molecule has 2 aliphatic heterocycles. The van der Waals surface area contributed by atoms with Gasteiger partial charge in [-0.1, -0.05) is 31.6 Å². The first-order chi connectivity index (χ1) is 26.8. The van der Waals surface area contributed by atoms with Crippen LogP contribution >= 0.6 is 0 Å². The second kappa shape index (κ2) is 16.3. The highest BCUT2D eigenvalue weighted by Crippen LogP contribution is 2.52. The van der Waals surface area contributed by atoms with Gasteiger partial charge in [-0.2, -0.15) is 0 Å². The smallest absolute Gasteiger partial charge is 0.407 e. The van der Waals surface area contributed by atoms with Crippen LogP contribution in [0.25, 0.3) is 0 Å². The molecule has 8 atom stereocenters. The van der Waals surface area contributed by atoms with Gasteiger partial charge in [0.05, 0.1) is 36.0 Å². The third kappa shape index (κ3) is 7.45. The molecule has 2 saturated heterocycles. The number of carbonyl (C=O) groups is 4. The lowest BCUT2D eigenvalue weighted by molar-refractivity contribution is -0.238. The van der Waals surface area contributed by atoms with E-state index in [9.17, 15) is 39.6 Å². The summed E-state index contributed by atoms with van der Waals surface area (Å²) in [6.45, 7) is 4.98. The quantitative estimate of drug-likeness (QED) is 0.159. The number of rotatable bonds is 8. The molecule has 14 heteroatoms. The van der Waals surface area contributed by atoms with Crippen molar-refractivity contribution in [2.75, 3.05) is 26.8 Å². The van der Waals surface area contributed by atoms with Gasteiger partial charge in [0.2, 0.25) is 5.78 Å². The molecule has 1 amide bonds. The van der Waals surface area contributed by atoms with Crippen molar-refractivity contribution >= 4 is 23.4 Å². The second-order valence-corrected chi connectivity index (χ2v) is 15.9. The molecule has 5 aliphatic rings. The Morgan fingerprint density at radius 1 is 1.00 bits per heavy atom. The number of likely N-dealkylation sites (tertiary alicyclic amines) is 1. The molecule has 56 heavy (non-hydrogen) atoms. The molecule has 2 aromatic rings. The maximum absolute atomic E-state index is 14.0. The number of aromatic hydroxyl groups is 2. The number of fused-ring (bicyclic) bond motifs is 3. The molecule has 14 nitrogen and oxygen atoms in total. The normalized spacial score (nSPS) is 31.2. The van der Waals surface area contributed by atoms with Crippen LogP contribution in [0.3, 0.4) is 0 Å². The Morgan fingerprint density at radius 2 is 1.75 bits per heavy atom. The molecular formula is C42H52N2O12. The zero-order valence-corrected chi connectivity index (χ0v) is 32.1. The number of aliphatic hydroxyl groups excluding tert-OH is 1. The van der Waals surface area contributed by atoms with E-state index in [1.807, 2.05) is 19.9 Å². The number of ketones is 3. The lowest BCUT2D eigenvalue weighted by Crippen LogP contribution is -2.52. The number of ether oxygens (including phenoxy) is 4. The molecule has 302 valence electrons. The van der Waals surface area contributed by atoms with Crippen LogP contribution in [-0.4, -0.2) is 112 Å². The molecule has 0 spiro atoms. The zero-order valence-electron chi connectivity index (χ0n) is 32.1. The molecule has 3 aliphatic carbocycles. The van der Waals surface area contributed by atoms with Gasteiger partial charge in [-0.15, -0.1) is 0 Å². The van der Waals surface area contributed by atoms with E-state index >= 15 is 0 Å². The van der Waals surface area contributed by atoms with Crippen LogP contribution in [0.1, 0.15) is 121 Å². The summed E-state index contributed by atoms with van der Waals surface area (Å²) >= 11 is 0. The summed E-state index contributed by atoms with van der Waals surface area (Å²) in [6, 6.07) is 4.43. The van der Waals surface area contributed by atoms with E-state index in [2.05, 4.69) is 16.3 Å². The molecule has 0 saturated carbocycles. The van der Waals surface area contributed by atoms with Gasteiger partial charge in [0.1, 0.15) is 35.6 Å². The summed E-state index contributed by atoms with van der Waals surface area (Å²) in [4.78, 5) is 56.7. The standard InChI is InChI=1S/C42H52N2O12/c1-22-23(2)54-32(18-28(22)43-41(51)55-25-12-7-10-24(11-8-13-25)44-16-5-4-6-17-44)56-30-20-42(52,31(46)21-45)19-27-34(30)40(50)36-35(38(27)48)37(47)26-14-9-15-29(53-3)33(26)39(36)49/h7,9,12,14-15,22-25,28,30,32,45,48,50,52H,4-6,8,10-11,13,16-21H2,1-3H3,(H,43,51)/b12-7+/t22-,23+,24?,25?,28+,30+,32+,42+/m1/s1. The number of carbonyl (C=O) groups excluding carboxylic acids is 4. The minimum Gasteiger partial charge on any atom is -0.507 e. The Morgan fingerprint density at radius 3 is 2.48 bits per heavy atom. The van der Waals surface area contributed by atoms with E-state index < -0.39 is 95.7 Å². The van der Waals surface area contributed by atoms with Crippen LogP contribution in [0.15, 0.2) is 30.4 Å². The summed E-state index contributed by atoms with van der Waals surface area (Å²) in [5.41, 5.74) is -3.64. The SMILES string of the molecule is COc1cccc2c1C(=O)c1c(O)c3c(c(O)c1C2=O)C[C@@](O)(C(=O)CO)C[C@@H]3O[C@H]1C[C@H](NC(=O)OC2/C=C/CC(N3CCCCC3)CCC2)[C@H](C)[C@H](C)O1. The van der Waals surface area contributed by atoms with Gasteiger partial charge in [0, 0.05) is 54.0 Å². The number of amides is 1. The summed E-state index contributed by atoms with van der Waals surface area (Å²) in [5.74, 6) is -3.94. The Labute approximate surface area is 325 Å². The molecule has 2 unspecified atom stereocenters. The van der Waals surface area contributed by atoms with Crippen molar-refractivity contribution < 1.29 is 58.6 Å². The van der Waals surface area contributed by atoms with E-state index in [0.29, 0.717) is 12.5 Å². The largest absolute Gasteiger partial charge is 0.507 e. The number of hydrogen-bond acceptors (Lipinski definition) is 13. The van der Waals surface area contributed by atoms with Crippen molar-refractivity contribution in [3.8, 4) is 17.2 Å². The predicted molar refractivity (Wildman–Crippen MR) is 201 cm³/mol. The van der Waals surface area contributed by atoms with Crippen molar-refractivity contribution in [2.24, 2.45) is 5.92 Å². The molecule has 0 bridgehead atoms. The third-order valence-electron chi connectivity index (χ3n) is 12.5. The number of nitrogens with one attached hydrogen (secondary N) is 1. The number of aliphatic hydroxyl groups is 2. The van der Waals surface area contributed by atoms with E-state index in [4.69, 9.17) is 18.9 Å². The van der Waals surface area contributed by atoms with Crippen LogP contribution in [0.4, 0.5) is 4.79 Å². The molecule has 7 rings (SSSR count). The van der Waals surface area contributed by atoms with Crippen LogP contribution in [-0.2, 0) is 25.4 Å². The van der Waals surface area contributed by atoms with Gasteiger partial charge < -0.3 is 49.6 Å². The summed E-state index contributed by atoms with van der Waals surface area (Å²) in [5, 5.41) is 47.9. The summed E-state index contributed by atoms with van der Waals surface area (Å²) in [7, 11) is 1.34. The molecule has 2 heterocycles. The van der Waals surface area contributed by atoms with Crippen LogP contribution in [0.2, 0.25) is 0 Å². The van der Waals surface area contributed by atoms with Crippen LogP contribution in [0.5, 0.6) is 17.2 Å². The number of Topliss-reactive ketones (excluding diaryl/α,β-unsaturated/α-hetero) is 1. The number of nitrogens with zero attached hydrogens (tertiary/aromatic N) is 1. The highest BCUT2D eigenvalue weighted by atomic mass is 16.7. The van der Waals surface area contributed by atoms with Gasteiger partial charge in [-0.3, -0.25) is 14.4 Å². The number of phenols is 2. The Hall–Kier alpha value is -4.34. The first-order valence-corrected chi connectivity index (χ1v) is 19.8. The number of hydrogen-bond donors (Lipinski definition) is 5. The molecule has 0 radical (unpaired) electrons. The topological polar surface area (TPSA) is 201 Å². The van der Waals surface area contributed by atoms with Crippen molar-refractivity contribution in [1.29, 1.82) is 0 Å². The van der Waals surface area contributed by atoms with E-state index in [1.54, 1.807) is 0 Å². The number of benzene rings is 2. The van der Waals surface area contributed by atoms with Gasteiger partial charge in [-0.25, -0.2) is 4.79 Å². The fourth-order valence-corrected chi connectivity index (χ4v) is 9.22. The van der Waals surface area contributed by atoms with Crippen LogP contribution in [0, 0.1) is 5.92 Å². The fourth-order valence-electron chi connectivity index (χ4n) is 9.22. The molecule has 2 aromatic carbocycles. The number of piperidine rings is 1. The lowest BCUT2D eigenvalue weighted by atomic mass is 9.72. The van der Waals surface area contributed by atoms with Crippen molar-refractivity contribution in [3.63, 3.8) is 0 Å². The lowest BCUT2D eigenvalue weighted by Gasteiger charge is -2.43. The number of methoxy groups -OCH3 is 1. The van der Waals surface area contributed by atoms with Gasteiger partial charge in [0.25, 0.3) is 0 Å². The van der Waals surface area contributed by atoms with Crippen molar-refractivity contribution in [1.82, 2.24) is 10.2 Å². The van der Waals surface area contributed by atoms with Gasteiger partial charge in [0.15, 0.2) is 17.9 Å². The second-order valence-electron chi connectivity index (χ2n) is 15.9. The average molecular weight is 777 g/mol. The Balaban J connectivity index is 1.12.